The zero-order valence-corrected chi connectivity index (χ0v) is 13.2. The molecule has 0 saturated heterocycles. The molecule has 2 aliphatic rings. The Kier molecular flexibility index (Phi) is 4.64. The zero-order chi connectivity index (χ0) is 13.9. The first-order valence-electron chi connectivity index (χ1n) is 7.56. The van der Waals surface area contributed by atoms with Crippen LogP contribution in [0, 0.1) is 5.92 Å². The number of hydrogen-bond acceptors (Lipinski definition) is 3. The van der Waals surface area contributed by atoms with E-state index in [4.69, 9.17) is 4.74 Å². The van der Waals surface area contributed by atoms with Gasteiger partial charge in [-0.1, -0.05) is 22.4 Å². The van der Waals surface area contributed by atoms with Gasteiger partial charge in [-0.25, -0.2) is 0 Å². The summed E-state index contributed by atoms with van der Waals surface area (Å²) in [7, 11) is 0. The van der Waals surface area contributed by atoms with Gasteiger partial charge in [0.2, 0.25) is 0 Å². The molecule has 0 aromatic heterocycles. The molecule has 1 aliphatic carbocycles. The van der Waals surface area contributed by atoms with Crippen LogP contribution in [0.2, 0.25) is 0 Å². The monoisotopic (exact) mass is 339 g/mol. The first-order chi connectivity index (χ1) is 9.72. The smallest absolute Gasteiger partial charge is 0.124 e. The molecule has 2 N–H and O–H groups in total. The third kappa shape index (κ3) is 3.35. The number of benzene rings is 1. The van der Waals surface area contributed by atoms with E-state index in [1.165, 1.54) is 12.0 Å². The summed E-state index contributed by atoms with van der Waals surface area (Å²) in [6.45, 7) is 1.77. The Morgan fingerprint density at radius 1 is 1.30 bits per heavy atom. The minimum atomic E-state index is -0.0910. The lowest BCUT2D eigenvalue weighted by atomic mass is 9.87. The average Bonchev–Trinajstić information content (AvgIpc) is 2.45. The molecule has 4 heteroatoms. The fourth-order valence-electron chi connectivity index (χ4n) is 3.33. The largest absolute Gasteiger partial charge is 0.493 e. The average molecular weight is 340 g/mol. The number of hydrogen-bond donors (Lipinski definition) is 2. The van der Waals surface area contributed by atoms with Crippen molar-refractivity contribution in [3.05, 3.63) is 28.2 Å². The maximum absolute atomic E-state index is 9.76. The number of halogens is 1. The molecule has 0 bridgehead atoms. The van der Waals surface area contributed by atoms with Crippen LogP contribution in [0.4, 0.5) is 0 Å². The second-order valence-corrected chi connectivity index (χ2v) is 6.88. The molecule has 1 aromatic rings. The van der Waals surface area contributed by atoms with E-state index in [2.05, 4.69) is 27.3 Å². The molecule has 3 nitrogen and oxygen atoms in total. The molecule has 1 aromatic carbocycles. The molecule has 110 valence electrons. The van der Waals surface area contributed by atoms with E-state index in [0.717, 1.165) is 49.1 Å². The van der Waals surface area contributed by atoms with Gasteiger partial charge in [0.1, 0.15) is 5.75 Å². The molecule has 20 heavy (non-hydrogen) atoms. The Balaban J connectivity index is 1.62. The van der Waals surface area contributed by atoms with Crippen LogP contribution >= 0.6 is 15.9 Å². The number of rotatable bonds is 3. The van der Waals surface area contributed by atoms with Gasteiger partial charge in [0.25, 0.3) is 0 Å². The van der Waals surface area contributed by atoms with Crippen molar-refractivity contribution >= 4 is 15.9 Å². The maximum atomic E-state index is 9.76. The summed E-state index contributed by atoms with van der Waals surface area (Å²) in [5.41, 5.74) is 1.25. The van der Waals surface area contributed by atoms with Gasteiger partial charge in [-0.2, -0.15) is 0 Å². The van der Waals surface area contributed by atoms with Gasteiger partial charge in [-0.15, -0.1) is 0 Å². The van der Waals surface area contributed by atoms with Crippen molar-refractivity contribution in [2.24, 2.45) is 5.92 Å². The predicted molar refractivity (Wildman–Crippen MR) is 83.0 cm³/mol. The predicted octanol–water partition coefficient (Wildman–Crippen LogP) is 3.41. The van der Waals surface area contributed by atoms with E-state index in [-0.39, 0.29) is 6.10 Å². The molecule has 1 aliphatic heterocycles. The van der Waals surface area contributed by atoms with Crippen LogP contribution < -0.4 is 10.1 Å². The normalized spacial score (nSPS) is 29.6. The lowest BCUT2D eigenvalue weighted by molar-refractivity contribution is 0.0987. The van der Waals surface area contributed by atoms with Crippen LogP contribution in [0.1, 0.15) is 43.7 Å². The molecule has 3 rings (SSSR count). The van der Waals surface area contributed by atoms with Crippen molar-refractivity contribution in [2.75, 3.05) is 13.2 Å². The van der Waals surface area contributed by atoms with Crippen LogP contribution in [-0.2, 0) is 0 Å². The van der Waals surface area contributed by atoms with Crippen LogP contribution in [0.25, 0.3) is 0 Å². The highest BCUT2D eigenvalue weighted by Gasteiger charge is 2.24. The van der Waals surface area contributed by atoms with Crippen molar-refractivity contribution in [3.8, 4) is 5.75 Å². The highest BCUT2D eigenvalue weighted by Crippen LogP contribution is 2.34. The maximum Gasteiger partial charge on any atom is 0.124 e. The van der Waals surface area contributed by atoms with Gasteiger partial charge in [0.15, 0.2) is 0 Å². The summed E-state index contributed by atoms with van der Waals surface area (Å²) in [4.78, 5) is 0. The van der Waals surface area contributed by atoms with Gasteiger partial charge in [0, 0.05) is 22.5 Å². The number of aliphatic hydroxyl groups excluding tert-OH is 1. The summed E-state index contributed by atoms with van der Waals surface area (Å²) >= 11 is 3.54. The number of fused-ring (bicyclic) bond motifs is 1. The van der Waals surface area contributed by atoms with Crippen molar-refractivity contribution in [2.45, 2.75) is 44.2 Å². The minimum absolute atomic E-state index is 0.0910. The fourth-order valence-corrected chi connectivity index (χ4v) is 3.71. The molecule has 1 heterocycles. The summed E-state index contributed by atoms with van der Waals surface area (Å²) < 4.78 is 6.82. The van der Waals surface area contributed by atoms with Crippen molar-refractivity contribution < 1.29 is 9.84 Å². The number of aliphatic hydroxyl groups is 1. The highest BCUT2D eigenvalue weighted by atomic mass is 79.9. The van der Waals surface area contributed by atoms with Crippen LogP contribution in [0.15, 0.2) is 22.7 Å². The molecule has 0 spiro atoms. The Morgan fingerprint density at radius 2 is 2.20 bits per heavy atom. The standard InChI is InChI=1S/C16H22BrNO2/c17-12-4-5-16-14(9-12)15(6-7-20-16)18-10-11-2-1-3-13(19)8-11/h4-5,9,11,13,15,18-19H,1-3,6-8,10H2. The molecule has 1 saturated carbocycles. The van der Waals surface area contributed by atoms with Crippen LogP contribution in [0.3, 0.4) is 0 Å². The third-order valence-corrected chi connectivity index (χ3v) is 4.91. The number of nitrogens with one attached hydrogen (secondary N) is 1. The minimum Gasteiger partial charge on any atom is -0.493 e. The molecule has 0 amide bonds. The summed E-state index contributed by atoms with van der Waals surface area (Å²) in [6.07, 6.45) is 5.23. The first kappa shape index (κ1) is 14.4. The second kappa shape index (κ2) is 6.46. The SMILES string of the molecule is OC1CCCC(CNC2CCOc3ccc(Br)cc32)C1. The summed E-state index contributed by atoms with van der Waals surface area (Å²) in [5.74, 6) is 1.61. The van der Waals surface area contributed by atoms with Gasteiger partial charge in [-0.3, -0.25) is 0 Å². The van der Waals surface area contributed by atoms with E-state index in [1.54, 1.807) is 0 Å². The topological polar surface area (TPSA) is 41.5 Å². The highest BCUT2D eigenvalue weighted by molar-refractivity contribution is 9.10. The van der Waals surface area contributed by atoms with E-state index in [1.807, 2.05) is 12.1 Å². The summed E-state index contributed by atoms with van der Waals surface area (Å²) in [5, 5.41) is 13.4. The van der Waals surface area contributed by atoms with Gasteiger partial charge in [0.05, 0.1) is 12.7 Å². The van der Waals surface area contributed by atoms with Gasteiger partial charge >= 0.3 is 0 Å². The van der Waals surface area contributed by atoms with E-state index in [0.29, 0.717) is 12.0 Å². The Labute approximate surface area is 128 Å². The molecule has 1 fully saturated rings. The Hall–Kier alpha value is -0.580. The lowest BCUT2D eigenvalue weighted by Crippen LogP contribution is -2.33. The lowest BCUT2D eigenvalue weighted by Gasteiger charge is -2.31. The molecule has 0 radical (unpaired) electrons. The zero-order valence-electron chi connectivity index (χ0n) is 11.6. The second-order valence-electron chi connectivity index (χ2n) is 5.97. The van der Waals surface area contributed by atoms with Crippen LogP contribution in [-0.4, -0.2) is 24.4 Å². The molecular formula is C16H22BrNO2. The van der Waals surface area contributed by atoms with Crippen molar-refractivity contribution in [3.63, 3.8) is 0 Å². The Bertz CT molecular complexity index is 466. The number of ether oxygens (including phenoxy) is 1. The van der Waals surface area contributed by atoms with E-state index < -0.39 is 0 Å². The fraction of sp³-hybridized carbons (Fsp3) is 0.625. The van der Waals surface area contributed by atoms with Crippen molar-refractivity contribution in [1.29, 1.82) is 0 Å². The first-order valence-corrected chi connectivity index (χ1v) is 8.35. The van der Waals surface area contributed by atoms with E-state index in [9.17, 15) is 5.11 Å². The van der Waals surface area contributed by atoms with Crippen LogP contribution in [0.5, 0.6) is 5.75 Å². The van der Waals surface area contributed by atoms with Gasteiger partial charge < -0.3 is 15.2 Å². The molecule has 3 atom stereocenters. The quantitative estimate of drug-likeness (QED) is 0.886. The molecule has 3 unspecified atom stereocenters. The van der Waals surface area contributed by atoms with Crippen molar-refractivity contribution in [1.82, 2.24) is 5.32 Å². The summed E-state index contributed by atoms with van der Waals surface area (Å²) in [6, 6.07) is 6.59. The van der Waals surface area contributed by atoms with E-state index >= 15 is 0 Å². The third-order valence-electron chi connectivity index (χ3n) is 4.42. The Morgan fingerprint density at radius 3 is 3.05 bits per heavy atom. The molecular weight excluding hydrogens is 318 g/mol. The van der Waals surface area contributed by atoms with Gasteiger partial charge in [-0.05, 0) is 49.9 Å².